The molecule has 1 aliphatic rings. The molecule has 8 heteroatoms. The molecule has 4 aromatic rings. The van der Waals surface area contributed by atoms with E-state index in [4.69, 9.17) is 20.8 Å². The normalized spacial score (nSPS) is 15.2. The van der Waals surface area contributed by atoms with Gasteiger partial charge in [-0.3, -0.25) is 14.5 Å². The van der Waals surface area contributed by atoms with Gasteiger partial charge in [-0.1, -0.05) is 36.4 Å². The summed E-state index contributed by atoms with van der Waals surface area (Å²) in [5.41, 5.74) is 1.89. The number of fused-ring (bicyclic) bond motifs is 2. The van der Waals surface area contributed by atoms with Crippen LogP contribution in [0.2, 0.25) is 5.02 Å². The van der Waals surface area contributed by atoms with Gasteiger partial charge >= 0.3 is 0 Å². The van der Waals surface area contributed by atoms with Crippen molar-refractivity contribution in [3.8, 4) is 5.75 Å². The van der Waals surface area contributed by atoms with Crippen LogP contribution in [0.1, 0.15) is 38.3 Å². The van der Waals surface area contributed by atoms with E-state index in [-0.39, 0.29) is 16.8 Å². The smallest absolute Gasteiger partial charge is 0.297 e. The fourth-order valence-electron chi connectivity index (χ4n) is 3.92. The van der Waals surface area contributed by atoms with Crippen molar-refractivity contribution in [2.24, 2.45) is 0 Å². The minimum Gasteiger partial charge on any atom is -0.490 e. The maximum Gasteiger partial charge on any atom is 0.297 e. The van der Waals surface area contributed by atoms with Gasteiger partial charge in [0.1, 0.15) is 17.9 Å². The molecule has 0 aliphatic carbocycles. The van der Waals surface area contributed by atoms with Crippen LogP contribution in [0, 0.1) is 13.8 Å². The van der Waals surface area contributed by atoms with Crippen LogP contribution < -0.4 is 15.1 Å². The van der Waals surface area contributed by atoms with Gasteiger partial charge < -0.3 is 9.15 Å². The van der Waals surface area contributed by atoms with Gasteiger partial charge in [-0.05, 0) is 49.7 Å². The first-order valence-electron chi connectivity index (χ1n) is 10.3. The second kappa shape index (κ2) is 8.17. The molecule has 1 amide bonds. The van der Waals surface area contributed by atoms with Crippen LogP contribution in [0.3, 0.4) is 0 Å². The molecule has 2 aromatic heterocycles. The molecular formula is C25H19ClN2O4S. The van der Waals surface area contributed by atoms with Gasteiger partial charge in [0.15, 0.2) is 10.6 Å². The van der Waals surface area contributed by atoms with Gasteiger partial charge in [0.05, 0.1) is 22.7 Å². The number of amides is 1. The number of carbonyl (C=O) groups excluding carboxylic acids is 1. The molecule has 5 rings (SSSR count). The number of carbonyl (C=O) groups is 1. The number of aromatic nitrogens is 1. The fourth-order valence-corrected chi connectivity index (χ4v) is 5.03. The molecule has 1 aliphatic heterocycles. The second-order valence-electron chi connectivity index (χ2n) is 7.70. The van der Waals surface area contributed by atoms with Crippen LogP contribution >= 0.6 is 22.9 Å². The van der Waals surface area contributed by atoms with E-state index >= 15 is 0 Å². The molecule has 33 heavy (non-hydrogen) atoms. The van der Waals surface area contributed by atoms with Gasteiger partial charge in [0.25, 0.3) is 5.91 Å². The van der Waals surface area contributed by atoms with Crippen molar-refractivity contribution < 1.29 is 13.9 Å². The summed E-state index contributed by atoms with van der Waals surface area (Å²) in [6.45, 7) is 7.87. The highest BCUT2D eigenvalue weighted by Crippen LogP contribution is 2.43. The monoisotopic (exact) mass is 478 g/mol. The molecule has 1 unspecified atom stereocenters. The standard InChI is InChI=1S/C25H19ClN2O4S/c1-4-11-31-17-8-5-15(6-9-17)21-20-22(29)18-12-16(26)7-10-19(18)32-23(20)24(30)28(21)25-27-13(2)14(3)33-25/h4-10,12,21H,1,11H2,2-3H3. The topological polar surface area (TPSA) is 72.6 Å². The first-order chi connectivity index (χ1) is 15.9. The highest BCUT2D eigenvalue weighted by atomic mass is 35.5. The molecule has 0 radical (unpaired) electrons. The van der Waals surface area contributed by atoms with E-state index in [2.05, 4.69) is 11.6 Å². The van der Waals surface area contributed by atoms with Crippen LogP contribution in [-0.2, 0) is 0 Å². The Balaban J connectivity index is 1.73. The lowest BCUT2D eigenvalue weighted by Gasteiger charge is -2.22. The number of benzene rings is 2. The molecule has 0 saturated carbocycles. The van der Waals surface area contributed by atoms with Crippen molar-refractivity contribution >= 4 is 44.9 Å². The average molecular weight is 479 g/mol. The lowest BCUT2D eigenvalue weighted by molar-refractivity contribution is 0.0971. The van der Waals surface area contributed by atoms with Gasteiger partial charge in [-0.15, -0.1) is 11.3 Å². The zero-order chi connectivity index (χ0) is 23.3. The van der Waals surface area contributed by atoms with E-state index < -0.39 is 11.9 Å². The Morgan fingerprint density at radius 1 is 1.21 bits per heavy atom. The maximum atomic E-state index is 13.6. The molecule has 3 heterocycles. The number of thiazole rings is 1. The summed E-state index contributed by atoms with van der Waals surface area (Å²) in [6, 6.07) is 11.4. The van der Waals surface area contributed by atoms with E-state index in [1.807, 2.05) is 26.0 Å². The summed E-state index contributed by atoms with van der Waals surface area (Å²) >= 11 is 7.54. The number of hydrogen-bond acceptors (Lipinski definition) is 6. The minimum absolute atomic E-state index is 0.0253. The Morgan fingerprint density at radius 3 is 2.64 bits per heavy atom. The third kappa shape index (κ3) is 3.53. The second-order valence-corrected chi connectivity index (χ2v) is 9.32. The quantitative estimate of drug-likeness (QED) is 0.337. The summed E-state index contributed by atoms with van der Waals surface area (Å²) < 4.78 is 11.5. The zero-order valence-corrected chi connectivity index (χ0v) is 19.5. The SMILES string of the molecule is C=CCOc1ccc(C2c3c(oc4ccc(Cl)cc4c3=O)C(=O)N2c2nc(C)c(C)s2)cc1. The van der Waals surface area contributed by atoms with Gasteiger partial charge in [-0.25, -0.2) is 4.98 Å². The van der Waals surface area contributed by atoms with Gasteiger partial charge in [0.2, 0.25) is 5.76 Å². The van der Waals surface area contributed by atoms with E-state index in [0.29, 0.717) is 33.5 Å². The van der Waals surface area contributed by atoms with Gasteiger partial charge in [-0.2, -0.15) is 0 Å². The molecule has 1 atom stereocenters. The summed E-state index contributed by atoms with van der Waals surface area (Å²) in [5.74, 6) is 0.287. The third-order valence-electron chi connectivity index (χ3n) is 5.62. The molecule has 2 aromatic carbocycles. The van der Waals surface area contributed by atoms with Crippen LogP contribution in [0.4, 0.5) is 5.13 Å². The van der Waals surface area contributed by atoms with E-state index in [1.165, 1.54) is 11.3 Å². The molecule has 0 fully saturated rings. The zero-order valence-electron chi connectivity index (χ0n) is 17.9. The number of ether oxygens (including phenoxy) is 1. The van der Waals surface area contributed by atoms with Crippen LogP contribution in [0.5, 0.6) is 5.75 Å². The summed E-state index contributed by atoms with van der Waals surface area (Å²) in [6.07, 6.45) is 1.66. The predicted molar refractivity (Wildman–Crippen MR) is 130 cm³/mol. The first kappa shape index (κ1) is 21.4. The van der Waals surface area contributed by atoms with E-state index in [0.717, 1.165) is 16.1 Å². The number of hydrogen-bond donors (Lipinski definition) is 0. The van der Waals surface area contributed by atoms with Crippen molar-refractivity contribution in [3.63, 3.8) is 0 Å². The highest BCUT2D eigenvalue weighted by Gasteiger charge is 2.45. The molecular weight excluding hydrogens is 460 g/mol. The maximum absolute atomic E-state index is 13.6. The lowest BCUT2D eigenvalue weighted by atomic mass is 9.98. The summed E-state index contributed by atoms with van der Waals surface area (Å²) in [5, 5.41) is 1.26. The Bertz CT molecular complexity index is 1450. The Morgan fingerprint density at radius 2 is 1.97 bits per heavy atom. The Hall–Kier alpha value is -3.42. The number of rotatable bonds is 5. The molecule has 0 bridgehead atoms. The highest BCUT2D eigenvalue weighted by molar-refractivity contribution is 7.15. The number of aryl methyl sites for hydroxylation is 2. The predicted octanol–water partition coefficient (Wildman–Crippen LogP) is 5.83. The van der Waals surface area contributed by atoms with Gasteiger partial charge in [0, 0.05) is 9.90 Å². The minimum atomic E-state index is -0.689. The molecule has 166 valence electrons. The number of nitrogens with zero attached hydrogens (tertiary/aromatic N) is 2. The number of halogens is 1. The Kier molecular flexibility index (Phi) is 5.31. The van der Waals surface area contributed by atoms with E-state index in [1.54, 1.807) is 41.3 Å². The van der Waals surface area contributed by atoms with Crippen molar-refractivity contribution in [1.29, 1.82) is 0 Å². The van der Waals surface area contributed by atoms with Crippen LogP contribution in [0.25, 0.3) is 11.0 Å². The van der Waals surface area contributed by atoms with Crippen molar-refractivity contribution in [2.45, 2.75) is 19.9 Å². The molecule has 0 N–H and O–H groups in total. The first-order valence-corrected chi connectivity index (χ1v) is 11.5. The molecule has 6 nitrogen and oxygen atoms in total. The van der Waals surface area contributed by atoms with Crippen molar-refractivity contribution in [3.05, 3.63) is 97.8 Å². The number of anilines is 1. The van der Waals surface area contributed by atoms with Crippen molar-refractivity contribution in [2.75, 3.05) is 11.5 Å². The average Bonchev–Trinajstić information content (AvgIpc) is 3.29. The lowest BCUT2D eigenvalue weighted by Crippen LogP contribution is -2.29. The Labute approximate surface area is 198 Å². The van der Waals surface area contributed by atoms with E-state index in [9.17, 15) is 9.59 Å². The third-order valence-corrected chi connectivity index (χ3v) is 6.93. The van der Waals surface area contributed by atoms with Crippen LogP contribution in [0.15, 0.2) is 64.3 Å². The van der Waals surface area contributed by atoms with Crippen LogP contribution in [-0.4, -0.2) is 17.5 Å². The summed E-state index contributed by atoms with van der Waals surface area (Å²) in [4.78, 5) is 34.3. The summed E-state index contributed by atoms with van der Waals surface area (Å²) in [7, 11) is 0. The van der Waals surface area contributed by atoms with Crippen molar-refractivity contribution in [1.82, 2.24) is 4.98 Å². The largest absolute Gasteiger partial charge is 0.490 e. The molecule has 0 spiro atoms. The fraction of sp³-hybridized carbons (Fsp3) is 0.160. The molecule has 0 saturated heterocycles.